The predicted molar refractivity (Wildman–Crippen MR) is 59.7 cm³/mol. The SMILES string of the molecule is FC(F)(F)COCCc1noc([C@@H]2CCCNC2)n1. The Morgan fingerprint density at radius 2 is 2.26 bits per heavy atom. The molecule has 8 heteroatoms. The van der Waals surface area contributed by atoms with Crippen LogP contribution in [0.4, 0.5) is 13.2 Å². The number of ether oxygens (including phenoxy) is 1. The third-order valence-electron chi connectivity index (χ3n) is 2.87. The summed E-state index contributed by atoms with van der Waals surface area (Å²) in [5.74, 6) is 1.15. The smallest absolute Gasteiger partial charge is 0.372 e. The molecule has 0 saturated carbocycles. The van der Waals surface area contributed by atoms with Gasteiger partial charge in [-0.15, -0.1) is 0 Å². The van der Waals surface area contributed by atoms with Crippen LogP contribution in [0.5, 0.6) is 0 Å². The standard InChI is InChI=1S/C11H16F3N3O2/c12-11(13,14)7-18-5-3-9-16-10(19-17-9)8-2-1-4-15-6-8/h8,15H,1-7H2/t8-/m1/s1. The summed E-state index contributed by atoms with van der Waals surface area (Å²) >= 11 is 0. The maximum atomic E-state index is 11.8. The van der Waals surface area contributed by atoms with Crippen LogP contribution in [-0.4, -0.2) is 42.6 Å². The van der Waals surface area contributed by atoms with Crippen LogP contribution < -0.4 is 5.32 Å². The van der Waals surface area contributed by atoms with Gasteiger partial charge in [-0.25, -0.2) is 0 Å². The highest BCUT2D eigenvalue weighted by atomic mass is 19.4. The zero-order chi connectivity index (χ0) is 13.7. The molecule has 1 aromatic heterocycles. The Balaban J connectivity index is 1.74. The lowest BCUT2D eigenvalue weighted by Crippen LogP contribution is -2.28. The number of hydrogen-bond acceptors (Lipinski definition) is 5. The molecular formula is C11H16F3N3O2. The first-order chi connectivity index (χ1) is 9.04. The van der Waals surface area contributed by atoms with Crippen LogP contribution in [0.15, 0.2) is 4.52 Å². The van der Waals surface area contributed by atoms with E-state index in [9.17, 15) is 13.2 Å². The quantitative estimate of drug-likeness (QED) is 0.831. The minimum atomic E-state index is -4.30. The van der Waals surface area contributed by atoms with E-state index < -0.39 is 12.8 Å². The summed E-state index contributed by atoms with van der Waals surface area (Å²) in [5, 5.41) is 6.98. The lowest BCUT2D eigenvalue weighted by molar-refractivity contribution is -0.173. The average Bonchev–Trinajstić information content (AvgIpc) is 2.83. The fourth-order valence-electron chi connectivity index (χ4n) is 1.95. The van der Waals surface area contributed by atoms with E-state index in [0.717, 1.165) is 25.9 Å². The van der Waals surface area contributed by atoms with Crippen LogP contribution in [0.25, 0.3) is 0 Å². The highest BCUT2D eigenvalue weighted by molar-refractivity contribution is 4.96. The zero-order valence-corrected chi connectivity index (χ0v) is 10.4. The van der Waals surface area contributed by atoms with Crippen LogP contribution in [0.1, 0.15) is 30.5 Å². The number of alkyl halides is 3. The molecule has 1 aliphatic heterocycles. The van der Waals surface area contributed by atoms with E-state index in [1.54, 1.807) is 0 Å². The van der Waals surface area contributed by atoms with Crippen molar-refractivity contribution >= 4 is 0 Å². The van der Waals surface area contributed by atoms with Gasteiger partial charge in [-0.1, -0.05) is 5.16 Å². The molecule has 1 aliphatic rings. The molecule has 1 atom stereocenters. The summed E-state index contributed by atoms with van der Waals surface area (Å²) in [7, 11) is 0. The number of nitrogens with one attached hydrogen (secondary N) is 1. The highest BCUT2D eigenvalue weighted by Gasteiger charge is 2.27. The molecule has 0 aliphatic carbocycles. The van der Waals surface area contributed by atoms with Gasteiger partial charge >= 0.3 is 6.18 Å². The van der Waals surface area contributed by atoms with Gasteiger partial charge in [0.05, 0.1) is 12.5 Å². The van der Waals surface area contributed by atoms with Gasteiger partial charge in [0, 0.05) is 13.0 Å². The van der Waals surface area contributed by atoms with Crippen molar-refractivity contribution in [2.24, 2.45) is 0 Å². The first kappa shape index (κ1) is 14.3. The molecule has 108 valence electrons. The second kappa shape index (κ2) is 6.33. The largest absolute Gasteiger partial charge is 0.411 e. The van der Waals surface area contributed by atoms with E-state index in [4.69, 9.17) is 4.52 Å². The predicted octanol–water partition coefficient (Wildman–Crippen LogP) is 1.66. The molecule has 0 radical (unpaired) electrons. The van der Waals surface area contributed by atoms with Gasteiger partial charge in [-0.05, 0) is 19.4 Å². The molecule has 5 nitrogen and oxygen atoms in total. The summed E-state index contributed by atoms with van der Waals surface area (Å²) in [5.41, 5.74) is 0. The van der Waals surface area contributed by atoms with E-state index in [1.807, 2.05) is 0 Å². The molecule has 2 heterocycles. The van der Waals surface area contributed by atoms with Crippen LogP contribution in [-0.2, 0) is 11.2 Å². The summed E-state index contributed by atoms with van der Waals surface area (Å²) in [6.45, 7) is 0.473. The normalized spacial score (nSPS) is 20.7. The molecule has 1 N–H and O–H groups in total. The summed E-state index contributed by atoms with van der Waals surface area (Å²) < 4.78 is 45.2. The van der Waals surface area contributed by atoms with Gasteiger partial charge in [0.15, 0.2) is 5.82 Å². The molecule has 19 heavy (non-hydrogen) atoms. The summed E-state index contributed by atoms with van der Waals surface area (Å²) in [6, 6.07) is 0. The van der Waals surface area contributed by atoms with E-state index in [-0.39, 0.29) is 18.9 Å². The van der Waals surface area contributed by atoms with E-state index in [1.165, 1.54) is 0 Å². The van der Waals surface area contributed by atoms with E-state index in [0.29, 0.717) is 11.7 Å². The van der Waals surface area contributed by atoms with Gasteiger partial charge < -0.3 is 14.6 Å². The molecule has 1 saturated heterocycles. The van der Waals surface area contributed by atoms with Crippen LogP contribution in [0.2, 0.25) is 0 Å². The third kappa shape index (κ3) is 4.79. The topological polar surface area (TPSA) is 60.2 Å². The maximum absolute atomic E-state index is 11.8. The Bertz CT molecular complexity index is 389. The lowest BCUT2D eigenvalue weighted by Gasteiger charge is -2.18. The zero-order valence-electron chi connectivity index (χ0n) is 10.4. The number of piperidine rings is 1. The van der Waals surface area contributed by atoms with Crippen LogP contribution in [0, 0.1) is 0 Å². The van der Waals surface area contributed by atoms with Crippen molar-refractivity contribution in [3.63, 3.8) is 0 Å². The average molecular weight is 279 g/mol. The Hall–Kier alpha value is -1.15. The molecule has 1 fully saturated rings. The minimum absolute atomic E-state index is 0.0681. The number of halogens is 3. The number of hydrogen-bond donors (Lipinski definition) is 1. The van der Waals surface area contributed by atoms with E-state index in [2.05, 4.69) is 20.2 Å². The second-order valence-electron chi connectivity index (χ2n) is 4.51. The summed E-state index contributed by atoms with van der Waals surface area (Å²) in [6.07, 6.45) is -2.04. The van der Waals surface area contributed by atoms with Gasteiger partial charge in [0.1, 0.15) is 6.61 Å². The third-order valence-corrected chi connectivity index (χ3v) is 2.87. The van der Waals surface area contributed by atoms with Crippen molar-refractivity contribution in [1.82, 2.24) is 15.5 Å². The Kier molecular flexibility index (Phi) is 4.76. The molecule has 0 unspecified atom stereocenters. The first-order valence-electron chi connectivity index (χ1n) is 6.22. The van der Waals surface area contributed by atoms with Gasteiger partial charge in [-0.3, -0.25) is 0 Å². The first-order valence-corrected chi connectivity index (χ1v) is 6.22. The number of rotatable bonds is 5. The number of nitrogens with zero attached hydrogens (tertiary/aromatic N) is 2. The van der Waals surface area contributed by atoms with Gasteiger partial charge in [0.2, 0.25) is 5.89 Å². The lowest BCUT2D eigenvalue weighted by atomic mass is 10.00. The fraction of sp³-hybridized carbons (Fsp3) is 0.818. The van der Waals surface area contributed by atoms with Crippen molar-refractivity contribution in [3.8, 4) is 0 Å². The second-order valence-corrected chi connectivity index (χ2v) is 4.51. The van der Waals surface area contributed by atoms with Crippen LogP contribution in [0.3, 0.4) is 0 Å². The molecular weight excluding hydrogens is 263 g/mol. The molecule has 1 aromatic rings. The maximum Gasteiger partial charge on any atom is 0.411 e. The highest BCUT2D eigenvalue weighted by Crippen LogP contribution is 2.21. The van der Waals surface area contributed by atoms with Crippen molar-refractivity contribution in [2.45, 2.75) is 31.4 Å². The summed E-state index contributed by atoms with van der Waals surface area (Å²) in [4.78, 5) is 4.19. The Morgan fingerprint density at radius 1 is 1.42 bits per heavy atom. The number of aromatic nitrogens is 2. The minimum Gasteiger partial charge on any atom is -0.372 e. The van der Waals surface area contributed by atoms with Crippen molar-refractivity contribution in [3.05, 3.63) is 11.7 Å². The molecule has 2 rings (SSSR count). The monoisotopic (exact) mass is 279 g/mol. The van der Waals surface area contributed by atoms with Crippen molar-refractivity contribution in [2.75, 3.05) is 26.3 Å². The Labute approximate surface area is 108 Å². The van der Waals surface area contributed by atoms with Gasteiger partial charge in [-0.2, -0.15) is 18.2 Å². The molecule has 0 amide bonds. The van der Waals surface area contributed by atoms with Crippen LogP contribution >= 0.6 is 0 Å². The van der Waals surface area contributed by atoms with Gasteiger partial charge in [0.25, 0.3) is 0 Å². The molecule has 0 bridgehead atoms. The Morgan fingerprint density at radius 3 is 2.95 bits per heavy atom. The van der Waals surface area contributed by atoms with Crippen molar-refractivity contribution in [1.29, 1.82) is 0 Å². The van der Waals surface area contributed by atoms with E-state index >= 15 is 0 Å². The molecule has 0 spiro atoms. The fourth-order valence-corrected chi connectivity index (χ4v) is 1.95. The van der Waals surface area contributed by atoms with Crippen molar-refractivity contribution < 1.29 is 22.4 Å². The molecule has 0 aromatic carbocycles.